The summed E-state index contributed by atoms with van der Waals surface area (Å²) in [5, 5.41) is 11.9. The van der Waals surface area contributed by atoms with Crippen molar-refractivity contribution in [3.63, 3.8) is 0 Å². The zero-order valence-corrected chi connectivity index (χ0v) is 12.4. The molecule has 0 radical (unpaired) electrons. The van der Waals surface area contributed by atoms with Crippen molar-refractivity contribution in [1.82, 2.24) is 0 Å². The molecule has 0 bridgehead atoms. The fourth-order valence-electron chi connectivity index (χ4n) is 2.68. The third-order valence-electron chi connectivity index (χ3n) is 3.84. The second kappa shape index (κ2) is 6.72. The van der Waals surface area contributed by atoms with Gasteiger partial charge in [0.05, 0.1) is 17.4 Å². The maximum atomic E-state index is 12.1. The molecule has 0 aromatic heterocycles. The van der Waals surface area contributed by atoms with Gasteiger partial charge < -0.3 is 15.2 Å². The summed E-state index contributed by atoms with van der Waals surface area (Å²) in [5.74, 6) is -0.834. The largest absolute Gasteiger partial charge is 0.478 e. The zero-order valence-electron chi connectivity index (χ0n) is 12.4. The number of hydrogen-bond donors (Lipinski definition) is 2. The molecule has 0 saturated heterocycles. The van der Waals surface area contributed by atoms with E-state index in [1.165, 1.54) is 6.07 Å². The lowest BCUT2D eigenvalue weighted by atomic mass is 9.80. The van der Waals surface area contributed by atoms with Crippen LogP contribution in [0.25, 0.3) is 0 Å². The maximum absolute atomic E-state index is 12.1. The number of para-hydroxylation sites is 1. The second-order valence-corrected chi connectivity index (χ2v) is 5.47. The number of ether oxygens (including phenoxy) is 1. The van der Waals surface area contributed by atoms with E-state index in [-0.39, 0.29) is 17.6 Å². The van der Waals surface area contributed by atoms with Gasteiger partial charge in [-0.25, -0.2) is 4.79 Å². The fraction of sp³-hybridized carbons (Fsp3) is 0.500. The molecule has 2 N–H and O–H groups in total. The Balaban J connectivity index is 1.93. The minimum atomic E-state index is -1.03. The number of rotatable bonds is 6. The van der Waals surface area contributed by atoms with E-state index in [0.717, 1.165) is 18.4 Å². The van der Waals surface area contributed by atoms with Gasteiger partial charge >= 0.3 is 5.97 Å². The molecule has 1 aliphatic rings. The first kappa shape index (κ1) is 15.5. The van der Waals surface area contributed by atoms with Crippen LogP contribution in [0.5, 0.6) is 0 Å². The van der Waals surface area contributed by atoms with E-state index < -0.39 is 5.97 Å². The highest BCUT2D eigenvalue weighted by Gasteiger charge is 2.31. The van der Waals surface area contributed by atoms with Crippen LogP contribution in [0.2, 0.25) is 0 Å². The van der Waals surface area contributed by atoms with Crippen LogP contribution in [-0.4, -0.2) is 29.7 Å². The SMILES string of the molecule is CCOC1CC(CC(=O)Nc2c(C)cccc2C(=O)O)C1. The highest BCUT2D eigenvalue weighted by molar-refractivity contribution is 6.01. The molecule has 1 aliphatic carbocycles. The highest BCUT2D eigenvalue weighted by atomic mass is 16.5. The van der Waals surface area contributed by atoms with Gasteiger partial charge in [-0.1, -0.05) is 12.1 Å². The number of benzene rings is 1. The van der Waals surface area contributed by atoms with Crippen LogP contribution in [0.1, 0.15) is 42.1 Å². The first-order valence-corrected chi connectivity index (χ1v) is 7.25. The lowest BCUT2D eigenvalue weighted by Crippen LogP contribution is -2.34. The average Bonchev–Trinajstić information content (AvgIpc) is 2.38. The van der Waals surface area contributed by atoms with E-state index in [0.29, 0.717) is 24.6 Å². The van der Waals surface area contributed by atoms with E-state index in [9.17, 15) is 9.59 Å². The number of carboxylic acid groups (broad SMARTS) is 1. The topological polar surface area (TPSA) is 75.6 Å². The molecular weight excluding hydrogens is 270 g/mol. The van der Waals surface area contributed by atoms with Crippen molar-refractivity contribution in [2.24, 2.45) is 5.92 Å². The van der Waals surface area contributed by atoms with Crippen LogP contribution in [0.15, 0.2) is 18.2 Å². The number of hydrogen-bond acceptors (Lipinski definition) is 3. The Bertz CT molecular complexity index is 535. The summed E-state index contributed by atoms with van der Waals surface area (Å²) in [6.45, 7) is 4.46. The maximum Gasteiger partial charge on any atom is 0.337 e. The van der Waals surface area contributed by atoms with E-state index in [4.69, 9.17) is 9.84 Å². The minimum absolute atomic E-state index is 0.129. The summed E-state index contributed by atoms with van der Waals surface area (Å²) < 4.78 is 5.47. The number of carbonyl (C=O) groups is 2. The molecule has 1 saturated carbocycles. The quantitative estimate of drug-likeness (QED) is 0.845. The van der Waals surface area contributed by atoms with Crippen molar-refractivity contribution in [2.45, 2.75) is 39.2 Å². The van der Waals surface area contributed by atoms with E-state index >= 15 is 0 Å². The smallest absolute Gasteiger partial charge is 0.337 e. The van der Waals surface area contributed by atoms with Crippen molar-refractivity contribution in [2.75, 3.05) is 11.9 Å². The van der Waals surface area contributed by atoms with Crippen molar-refractivity contribution in [3.8, 4) is 0 Å². The van der Waals surface area contributed by atoms with Gasteiger partial charge in [-0.05, 0) is 44.2 Å². The average molecular weight is 291 g/mol. The number of amides is 1. The summed E-state index contributed by atoms with van der Waals surface area (Å²) in [4.78, 5) is 23.3. The lowest BCUT2D eigenvalue weighted by Gasteiger charge is -2.34. The Kier molecular flexibility index (Phi) is 4.96. The lowest BCUT2D eigenvalue weighted by molar-refractivity contribution is -0.119. The van der Waals surface area contributed by atoms with Crippen molar-refractivity contribution >= 4 is 17.6 Å². The molecular formula is C16H21NO4. The number of aromatic carboxylic acids is 1. The summed E-state index contributed by atoms with van der Waals surface area (Å²) >= 11 is 0. The van der Waals surface area contributed by atoms with Gasteiger partial charge in [0.2, 0.25) is 5.91 Å². The molecule has 0 atom stereocenters. The van der Waals surface area contributed by atoms with Crippen molar-refractivity contribution in [1.29, 1.82) is 0 Å². The standard InChI is InChI=1S/C16H21NO4/c1-3-21-12-7-11(8-12)9-14(18)17-15-10(2)5-4-6-13(15)16(19)20/h4-6,11-12H,3,7-9H2,1-2H3,(H,17,18)(H,19,20). The van der Waals surface area contributed by atoms with Crippen molar-refractivity contribution in [3.05, 3.63) is 29.3 Å². The summed E-state index contributed by atoms with van der Waals surface area (Å²) in [6, 6.07) is 4.96. The van der Waals surface area contributed by atoms with E-state index in [1.54, 1.807) is 19.1 Å². The molecule has 5 nitrogen and oxygen atoms in total. The molecule has 1 amide bonds. The third-order valence-corrected chi connectivity index (χ3v) is 3.84. The summed E-state index contributed by atoms with van der Waals surface area (Å²) in [5.41, 5.74) is 1.28. The van der Waals surface area contributed by atoms with Crippen LogP contribution < -0.4 is 5.32 Å². The molecule has 0 spiro atoms. The Morgan fingerprint density at radius 1 is 1.38 bits per heavy atom. The molecule has 21 heavy (non-hydrogen) atoms. The predicted octanol–water partition coefficient (Wildman–Crippen LogP) is 2.84. The summed E-state index contributed by atoms with van der Waals surface area (Å²) in [6.07, 6.45) is 2.50. The molecule has 1 fully saturated rings. The summed E-state index contributed by atoms with van der Waals surface area (Å²) in [7, 11) is 0. The number of carbonyl (C=O) groups excluding carboxylic acids is 1. The fourth-order valence-corrected chi connectivity index (χ4v) is 2.68. The normalized spacial score (nSPS) is 20.7. The van der Waals surface area contributed by atoms with Gasteiger partial charge in [0.25, 0.3) is 0 Å². The third kappa shape index (κ3) is 3.82. The molecule has 0 unspecified atom stereocenters. The van der Waals surface area contributed by atoms with Gasteiger partial charge in [0.15, 0.2) is 0 Å². The second-order valence-electron chi connectivity index (χ2n) is 5.47. The molecule has 114 valence electrons. The number of anilines is 1. The predicted molar refractivity (Wildman–Crippen MR) is 79.5 cm³/mol. The first-order valence-electron chi connectivity index (χ1n) is 7.25. The number of aryl methyl sites for hydroxylation is 1. The molecule has 0 heterocycles. The van der Waals surface area contributed by atoms with Crippen LogP contribution >= 0.6 is 0 Å². The minimum Gasteiger partial charge on any atom is -0.478 e. The molecule has 1 aromatic carbocycles. The first-order chi connectivity index (χ1) is 10.0. The number of nitrogens with one attached hydrogen (secondary N) is 1. The van der Waals surface area contributed by atoms with E-state index in [2.05, 4.69) is 5.32 Å². The molecule has 0 aliphatic heterocycles. The van der Waals surface area contributed by atoms with Crippen LogP contribution in [0.3, 0.4) is 0 Å². The highest BCUT2D eigenvalue weighted by Crippen LogP contribution is 2.33. The molecule has 2 rings (SSSR count). The van der Waals surface area contributed by atoms with Gasteiger partial charge in [-0.2, -0.15) is 0 Å². The van der Waals surface area contributed by atoms with Crippen LogP contribution in [0.4, 0.5) is 5.69 Å². The molecule has 5 heteroatoms. The van der Waals surface area contributed by atoms with Gasteiger partial charge in [0, 0.05) is 13.0 Å². The Hall–Kier alpha value is -1.88. The molecule has 1 aromatic rings. The van der Waals surface area contributed by atoms with Gasteiger partial charge in [-0.3, -0.25) is 4.79 Å². The zero-order chi connectivity index (χ0) is 15.4. The van der Waals surface area contributed by atoms with Crippen LogP contribution in [-0.2, 0) is 9.53 Å². The van der Waals surface area contributed by atoms with Crippen LogP contribution in [0, 0.1) is 12.8 Å². The number of carboxylic acids is 1. The van der Waals surface area contributed by atoms with Gasteiger partial charge in [0.1, 0.15) is 0 Å². The van der Waals surface area contributed by atoms with Crippen molar-refractivity contribution < 1.29 is 19.4 Å². The van der Waals surface area contributed by atoms with Gasteiger partial charge in [-0.15, -0.1) is 0 Å². The monoisotopic (exact) mass is 291 g/mol. The van der Waals surface area contributed by atoms with E-state index in [1.807, 2.05) is 6.92 Å². The Morgan fingerprint density at radius 3 is 2.71 bits per heavy atom. The Labute approximate surface area is 124 Å². The Morgan fingerprint density at radius 2 is 2.10 bits per heavy atom.